The number of amides is 2. The predicted octanol–water partition coefficient (Wildman–Crippen LogP) is 2.99. The topological polar surface area (TPSA) is 105 Å². The van der Waals surface area contributed by atoms with Gasteiger partial charge in [-0.05, 0) is 58.7 Å². The Balaban J connectivity index is 1.90. The van der Waals surface area contributed by atoms with Gasteiger partial charge in [-0.2, -0.15) is 0 Å². The van der Waals surface area contributed by atoms with Crippen molar-refractivity contribution in [3.63, 3.8) is 0 Å². The smallest absolute Gasteiger partial charge is 0.244 e. The SMILES string of the molecule is CCS(=O)(=O)N(CC(=O)N(CCc1ccccc1)C(C)C(=O)NC(C)(C)C)c1ccc2c(c1)OCCO2. The van der Waals surface area contributed by atoms with E-state index in [2.05, 4.69) is 5.32 Å². The van der Waals surface area contributed by atoms with Gasteiger partial charge in [0.05, 0.1) is 11.4 Å². The molecule has 1 unspecified atom stereocenters. The molecule has 1 atom stereocenters. The summed E-state index contributed by atoms with van der Waals surface area (Å²) in [5.41, 5.74) is 0.824. The van der Waals surface area contributed by atoms with Gasteiger partial charge in [-0.1, -0.05) is 30.3 Å². The lowest BCUT2D eigenvalue weighted by Crippen LogP contribution is -2.55. The number of nitrogens with zero attached hydrogens (tertiary/aromatic N) is 2. The lowest BCUT2D eigenvalue weighted by Gasteiger charge is -2.33. The summed E-state index contributed by atoms with van der Waals surface area (Å²) < 4.78 is 38.5. The molecule has 1 aliphatic heterocycles. The first kappa shape index (κ1) is 28.3. The Morgan fingerprint density at radius 1 is 1.03 bits per heavy atom. The molecule has 0 radical (unpaired) electrons. The first-order chi connectivity index (χ1) is 17.4. The summed E-state index contributed by atoms with van der Waals surface area (Å²) in [7, 11) is -3.82. The standard InChI is InChI=1S/C27H37N3O6S/c1-6-37(33,34)30(22-12-13-23-24(18-22)36-17-16-35-23)19-25(31)29(15-14-21-10-8-7-9-11-21)20(2)26(32)28-27(3,4)5/h7-13,18,20H,6,14-17,19H2,1-5H3,(H,28,32). The first-order valence-corrected chi connectivity index (χ1v) is 14.1. The number of fused-ring (bicyclic) bond motifs is 1. The van der Waals surface area contributed by atoms with Crippen LogP contribution in [0.2, 0.25) is 0 Å². The number of benzene rings is 2. The van der Waals surface area contributed by atoms with Gasteiger partial charge in [-0.15, -0.1) is 0 Å². The Morgan fingerprint density at radius 2 is 1.68 bits per heavy atom. The van der Waals surface area contributed by atoms with Gasteiger partial charge < -0.3 is 19.7 Å². The number of sulfonamides is 1. The van der Waals surface area contributed by atoms with Crippen molar-refractivity contribution in [2.75, 3.05) is 36.4 Å². The van der Waals surface area contributed by atoms with Crippen LogP contribution >= 0.6 is 0 Å². The quantitative estimate of drug-likeness (QED) is 0.505. The number of carbonyl (C=O) groups is 2. The van der Waals surface area contributed by atoms with Crippen LogP contribution in [-0.2, 0) is 26.0 Å². The molecule has 37 heavy (non-hydrogen) atoms. The van der Waals surface area contributed by atoms with E-state index in [1.54, 1.807) is 25.1 Å². The molecule has 0 saturated carbocycles. The van der Waals surface area contributed by atoms with Crippen LogP contribution in [-0.4, -0.2) is 68.8 Å². The molecule has 9 nitrogen and oxygen atoms in total. The van der Waals surface area contributed by atoms with Gasteiger partial charge in [0.2, 0.25) is 21.8 Å². The fourth-order valence-corrected chi connectivity index (χ4v) is 5.00. The molecular formula is C27H37N3O6S. The van der Waals surface area contributed by atoms with E-state index in [0.717, 1.165) is 9.87 Å². The molecule has 2 aromatic carbocycles. The number of ether oxygens (including phenoxy) is 2. The maximum Gasteiger partial charge on any atom is 0.244 e. The van der Waals surface area contributed by atoms with Gasteiger partial charge >= 0.3 is 0 Å². The fourth-order valence-electron chi connectivity index (χ4n) is 3.95. The number of rotatable bonds is 10. The van der Waals surface area contributed by atoms with E-state index in [1.807, 2.05) is 51.1 Å². The zero-order valence-corrected chi connectivity index (χ0v) is 23.0. The van der Waals surface area contributed by atoms with E-state index in [4.69, 9.17) is 9.47 Å². The van der Waals surface area contributed by atoms with Crippen molar-refractivity contribution >= 4 is 27.5 Å². The molecule has 2 aromatic rings. The highest BCUT2D eigenvalue weighted by atomic mass is 32.2. The number of anilines is 1. The molecule has 1 heterocycles. The second-order valence-corrected chi connectivity index (χ2v) is 12.2. The Morgan fingerprint density at radius 3 is 2.30 bits per heavy atom. The van der Waals surface area contributed by atoms with E-state index < -0.39 is 34.1 Å². The highest BCUT2D eigenvalue weighted by molar-refractivity contribution is 7.92. The van der Waals surface area contributed by atoms with Crippen molar-refractivity contribution in [2.24, 2.45) is 0 Å². The second kappa shape index (κ2) is 11.9. The minimum absolute atomic E-state index is 0.196. The summed E-state index contributed by atoms with van der Waals surface area (Å²) in [4.78, 5) is 28.2. The third-order valence-corrected chi connectivity index (χ3v) is 7.68. The van der Waals surface area contributed by atoms with E-state index >= 15 is 0 Å². The molecule has 3 rings (SSSR count). The summed E-state index contributed by atoms with van der Waals surface area (Å²) in [5, 5.41) is 2.92. The van der Waals surface area contributed by atoms with Crippen LogP contribution in [0.1, 0.15) is 40.2 Å². The van der Waals surface area contributed by atoms with E-state index in [0.29, 0.717) is 36.8 Å². The number of hydrogen-bond acceptors (Lipinski definition) is 6. The molecule has 0 bridgehead atoms. The van der Waals surface area contributed by atoms with Gasteiger partial charge in [-0.25, -0.2) is 8.42 Å². The van der Waals surface area contributed by atoms with Crippen LogP contribution in [0.5, 0.6) is 11.5 Å². The molecule has 1 N–H and O–H groups in total. The minimum atomic E-state index is -3.82. The summed E-state index contributed by atoms with van der Waals surface area (Å²) >= 11 is 0. The Kier molecular flexibility index (Phi) is 9.07. The number of nitrogens with one attached hydrogen (secondary N) is 1. The van der Waals surface area contributed by atoms with Crippen LogP contribution in [0.15, 0.2) is 48.5 Å². The minimum Gasteiger partial charge on any atom is -0.486 e. The average molecular weight is 532 g/mol. The van der Waals surface area contributed by atoms with Gasteiger partial charge in [-0.3, -0.25) is 13.9 Å². The summed E-state index contributed by atoms with van der Waals surface area (Å²) in [6.07, 6.45) is 0.518. The predicted molar refractivity (Wildman–Crippen MR) is 143 cm³/mol. The highest BCUT2D eigenvalue weighted by Crippen LogP contribution is 2.35. The van der Waals surface area contributed by atoms with Crippen molar-refractivity contribution in [3.05, 3.63) is 54.1 Å². The van der Waals surface area contributed by atoms with Crippen LogP contribution < -0.4 is 19.1 Å². The van der Waals surface area contributed by atoms with Crippen molar-refractivity contribution < 1.29 is 27.5 Å². The molecule has 1 aliphatic rings. The van der Waals surface area contributed by atoms with E-state index in [-0.39, 0.29) is 18.2 Å². The third-order valence-electron chi connectivity index (χ3n) is 5.94. The van der Waals surface area contributed by atoms with Gasteiger partial charge in [0, 0.05) is 18.2 Å². The first-order valence-electron chi connectivity index (χ1n) is 12.5. The van der Waals surface area contributed by atoms with Crippen molar-refractivity contribution in [1.82, 2.24) is 10.2 Å². The molecule has 0 fully saturated rings. The lowest BCUT2D eigenvalue weighted by atomic mass is 10.1. The number of hydrogen-bond donors (Lipinski definition) is 1. The van der Waals surface area contributed by atoms with Gasteiger partial charge in [0.1, 0.15) is 25.8 Å². The van der Waals surface area contributed by atoms with Crippen molar-refractivity contribution in [3.8, 4) is 11.5 Å². The van der Waals surface area contributed by atoms with Crippen molar-refractivity contribution in [1.29, 1.82) is 0 Å². The largest absolute Gasteiger partial charge is 0.486 e. The normalized spacial score (nSPS) is 14.0. The van der Waals surface area contributed by atoms with Crippen LogP contribution in [0, 0.1) is 0 Å². The summed E-state index contributed by atoms with van der Waals surface area (Å²) in [5.74, 6) is -0.0326. The van der Waals surface area contributed by atoms with Gasteiger partial charge in [0.15, 0.2) is 11.5 Å². The Bertz CT molecular complexity index is 1190. The monoisotopic (exact) mass is 531 g/mol. The zero-order valence-electron chi connectivity index (χ0n) is 22.2. The molecule has 0 aromatic heterocycles. The molecule has 0 spiro atoms. The highest BCUT2D eigenvalue weighted by Gasteiger charge is 2.32. The lowest BCUT2D eigenvalue weighted by molar-refractivity contribution is -0.139. The van der Waals surface area contributed by atoms with E-state index in [1.165, 1.54) is 11.8 Å². The third kappa shape index (κ3) is 7.61. The second-order valence-electron chi connectivity index (χ2n) is 9.97. The van der Waals surface area contributed by atoms with Gasteiger partial charge in [0.25, 0.3) is 0 Å². The molecule has 0 saturated heterocycles. The fraction of sp³-hybridized carbons (Fsp3) is 0.481. The zero-order chi connectivity index (χ0) is 27.2. The van der Waals surface area contributed by atoms with Crippen molar-refractivity contribution in [2.45, 2.75) is 52.6 Å². The Hall–Kier alpha value is -3.27. The molecule has 10 heteroatoms. The summed E-state index contributed by atoms with van der Waals surface area (Å²) in [6.45, 7) is 9.35. The molecular weight excluding hydrogens is 494 g/mol. The van der Waals surface area contributed by atoms with Crippen LogP contribution in [0.4, 0.5) is 5.69 Å². The number of carbonyl (C=O) groups excluding carboxylic acids is 2. The molecule has 0 aliphatic carbocycles. The molecule has 2 amide bonds. The van der Waals surface area contributed by atoms with Crippen LogP contribution in [0.25, 0.3) is 0 Å². The average Bonchev–Trinajstić information content (AvgIpc) is 2.86. The summed E-state index contributed by atoms with van der Waals surface area (Å²) in [6, 6.07) is 13.6. The van der Waals surface area contributed by atoms with Crippen LogP contribution in [0.3, 0.4) is 0 Å². The maximum atomic E-state index is 13.7. The maximum absolute atomic E-state index is 13.7. The molecule has 202 valence electrons. The van der Waals surface area contributed by atoms with E-state index in [9.17, 15) is 18.0 Å². The Labute approximate surface area is 219 Å².